The van der Waals surface area contributed by atoms with E-state index < -0.39 is 5.60 Å². The Morgan fingerprint density at radius 1 is 1.54 bits per heavy atom. The molecule has 13 heavy (non-hydrogen) atoms. The van der Waals surface area contributed by atoms with E-state index in [4.69, 9.17) is 4.74 Å². The number of carbonyl (C=O) groups excluding carboxylic acids is 1. The van der Waals surface area contributed by atoms with E-state index in [2.05, 4.69) is 6.08 Å². The normalized spacial score (nSPS) is 17.3. The molecule has 0 aromatic carbocycles. The van der Waals surface area contributed by atoms with E-state index in [1.807, 2.05) is 26.8 Å². The van der Waals surface area contributed by atoms with Crippen molar-refractivity contribution >= 4 is 6.09 Å². The van der Waals surface area contributed by atoms with Crippen molar-refractivity contribution in [1.82, 2.24) is 4.90 Å². The van der Waals surface area contributed by atoms with Gasteiger partial charge in [0.1, 0.15) is 5.60 Å². The van der Waals surface area contributed by atoms with Crippen LogP contribution in [0.4, 0.5) is 4.79 Å². The number of hydrogen-bond donors (Lipinski definition) is 0. The van der Waals surface area contributed by atoms with Crippen molar-refractivity contribution < 1.29 is 9.53 Å². The van der Waals surface area contributed by atoms with Gasteiger partial charge in [0.25, 0.3) is 0 Å². The monoisotopic (exact) mass is 182 g/mol. The molecule has 1 aliphatic heterocycles. The lowest BCUT2D eigenvalue weighted by molar-refractivity contribution is 0.0265. The lowest BCUT2D eigenvalue weighted by Crippen LogP contribution is -2.38. The zero-order valence-corrected chi connectivity index (χ0v) is 8.46. The Morgan fingerprint density at radius 3 is 2.69 bits per heavy atom. The van der Waals surface area contributed by atoms with Gasteiger partial charge in [0, 0.05) is 13.1 Å². The lowest BCUT2D eigenvalue weighted by atomic mass is 10.2. The summed E-state index contributed by atoms with van der Waals surface area (Å²) in [5.41, 5.74) is -0.405. The third-order valence-electron chi connectivity index (χ3n) is 1.62. The second-order valence-electron chi connectivity index (χ2n) is 4.10. The Morgan fingerprint density at radius 2 is 2.23 bits per heavy atom. The van der Waals surface area contributed by atoms with Crippen molar-refractivity contribution in [3.05, 3.63) is 12.2 Å². The molecule has 3 nitrogen and oxygen atoms in total. The van der Waals surface area contributed by atoms with E-state index in [9.17, 15) is 4.79 Å². The molecule has 1 aliphatic rings. The molecule has 0 aliphatic carbocycles. The number of carbonyl (C=O) groups is 1. The van der Waals surface area contributed by atoms with Gasteiger partial charge in [-0.1, -0.05) is 6.08 Å². The average Bonchev–Trinajstić information content (AvgIpc) is 2.03. The van der Waals surface area contributed by atoms with Crippen LogP contribution in [0, 0.1) is 6.08 Å². The van der Waals surface area contributed by atoms with Crippen LogP contribution >= 0.6 is 0 Å². The summed E-state index contributed by atoms with van der Waals surface area (Å²) in [6, 6.07) is 0. The van der Waals surface area contributed by atoms with E-state index in [0.29, 0.717) is 6.54 Å². The fourth-order valence-corrected chi connectivity index (χ4v) is 1.06. The first-order chi connectivity index (χ1) is 5.99. The van der Waals surface area contributed by atoms with E-state index >= 15 is 0 Å². The molecular weight excluding hydrogens is 166 g/mol. The Bertz CT molecular complexity index is 215. The molecule has 1 radical (unpaired) electrons. The summed E-state index contributed by atoms with van der Waals surface area (Å²) >= 11 is 0. The molecule has 1 amide bonds. The zero-order chi connectivity index (χ0) is 9.90. The van der Waals surface area contributed by atoms with Crippen LogP contribution in [0.15, 0.2) is 6.08 Å². The maximum Gasteiger partial charge on any atom is 0.410 e. The minimum Gasteiger partial charge on any atom is -0.444 e. The molecular formula is C10H16NO2. The van der Waals surface area contributed by atoms with Crippen LogP contribution in [0.3, 0.4) is 0 Å². The van der Waals surface area contributed by atoms with Gasteiger partial charge in [-0.15, -0.1) is 0 Å². The number of hydrogen-bond acceptors (Lipinski definition) is 2. The van der Waals surface area contributed by atoms with Crippen LogP contribution in [0.25, 0.3) is 0 Å². The quantitative estimate of drug-likeness (QED) is 0.573. The summed E-state index contributed by atoms with van der Waals surface area (Å²) in [6.45, 7) is 6.90. The van der Waals surface area contributed by atoms with Crippen molar-refractivity contribution in [3.63, 3.8) is 0 Å². The first kappa shape index (κ1) is 10.1. The average molecular weight is 182 g/mol. The molecule has 73 valence electrons. The Kier molecular flexibility index (Phi) is 2.96. The van der Waals surface area contributed by atoms with Crippen LogP contribution in [-0.2, 0) is 4.74 Å². The van der Waals surface area contributed by atoms with Crippen molar-refractivity contribution in [2.45, 2.75) is 32.8 Å². The second-order valence-corrected chi connectivity index (χ2v) is 4.10. The number of rotatable bonds is 0. The van der Waals surface area contributed by atoms with E-state index in [-0.39, 0.29) is 6.09 Å². The molecule has 0 saturated carbocycles. The first-order valence-corrected chi connectivity index (χ1v) is 4.52. The molecule has 0 aromatic heterocycles. The molecule has 1 heterocycles. The molecule has 0 fully saturated rings. The highest BCUT2D eigenvalue weighted by molar-refractivity contribution is 5.68. The minimum atomic E-state index is -0.405. The van der Waals surface area contributed by atoms with Gasteiger partial charge in [-0.25, -0.2) is 4.79 Å². The Balaban J connectivity index is 2.43. The Hall–Kier alpha value is -0.990. The molecule has 0 N–H and O–H groups in total. The highest BCUT2D eigenvalue weighted by Gasteiger charge is 2.21. The van der Waals surface area contributed by atoms with Crippen LogP contribution in [-0.4, -0.2) is 29.7 Å². The predicted molar refractivity (Wildman–Crippen MR) is 50.2 cm³/mol. The largest absolute Gasteiger partial charge is 0.444 e. The van der Waals surface area contributed by atoms with Gasteiger partial charge >= 0.3 is 6.09 Å². The van der Waals surface area contributed by atoms with E-state index in [1.54, 1.807) is 4.90 Å². The van der Waals surface area contributed by atoms with Gasteiger partial charge in [0.05, 0.1) is 0 Å². The summed E-state index contributed by atoms with van der Waals surface area (Å²) in [5, 5.41) is 0. The third kappa shape index (κ3) is 3.49. The molecule has 0 aromatic rings. The van der Waals surface area contributed by atoms with Gasteiger partial charge in [-0.2, -0.15) is 0 Å². The predicted octanol–water partition coefficient (Wildman–Crippen LogP) is 1.99. The zero-order valence-electron chi connectivity index (χ0n) is 8.46. The minimum absolute atomic E-state index is 0.242. The third-order valence-corrected chi connectivity index (χ3v) is 1.62. The van der Waals surface area contributed by atoms with E-state index in [0.717, 1.165) is 13.0 Å². The topological polar surface area (TPSA) is 29.5 Å². The molecule has 3 heteroatoms. The van der Waals surface area contributed by atoms with E-state index in [1.165, 1.54) is 0 Å². The second kappa shape index (κ2) is 3.81. The summed E-state index contributed by atoms with van der Waals surface area (Å²) in [4.78, 5) is 13.1. The number of amides is 1. The van der Waals surface area contributed by atoms with Crippen LogP contribution in [0.5, 0.6) is 0 Å². The van der Waals surface area contributed by atoms with Gasteiger partial charge < -0.3 is 9.64 Å². The smallest absolute Gasteiger partial charge is 0.410 e. The fraction of sp³-hybridized carbons (Fsp3) is 0.700. The highest BCUT2D eigenvalue weighted by atomic mass is 16.6. The molecule has 0 bridgehead atoms. The summed E-state index contributed by atoms with van der Waals surface area (Å²) in [5.74, 6) is 0. The fourth-order valence-electron chi connectivity index (χ4n) is 1.06. The Labute approximate surface area is 79.4 Å². The summed E-state index contributed by atoms with van der Waals surface area (Å²) < 4.78 is 5.21. The van der Waals surface area contributed by atoms with Crippen LogP contribution in [0.1, 0.15) is 27.2 Å². The van der Waals surface area contributed by atoms with Crippen LogP contribution < -0.4 is 0 Å². The van der Waals surface area contributed by atoms with Gasteiger partial charge in [0.15, 0.2) is 0 Å². The lowest BCUT2D eigenvalue weighted by Gasteiger charge is -2.27. The molecule has 0 unspecified atom stereocenters. The highest BCUT2D eigenvalue weighted by Crippen LogP contribution is 2.11. The maximum absolute atomic E-state index is 11.5. The van der Waals surface area contributed by atoms with Crippen molar-refractivity contribution in [2.24, 2.45) is 0 Å². The van der Waals surface area contributed by atoms with Crippen LogP contribution in [0.2, 0.25) is 0 Å². The first-order valence-electron chi connectivity index (χ1n) is 4.52. The van der Waals surface area contributed by atoms with Crippen molar-refractivity contribution in [3.8, 4) is 0 Å². The van der Waals surface area contributed by atoms with Gasteiger partial charge in [-0.05, 0) is 33.3 Å². The van der Waals surface area contributed by atoms with Crippen molar-refractivity contribution in [1.29, 1.82) is 0 Å². The maximum atomic E-state index is 11.5. The van der Waals surface area contributed by atoms with Crippen molar-refractivity contribution in [2.75, 3.05) is 13.1 Å². The SMILES string of the molecule is CC(C)(C)OC(=O)N1C[C]=CCC1. The molecule has 0 saturated heterocycles. The van der Waals surface area contributed by atoms with Gasteiger partial charge in [-0.3, -0.25) is 0 Å². The van der Waals surface area contributed by atoms with Gasteiger partial charge in [0.2, 0.25) is 0 Å². The summed E-state index contributed by atoms with van der Waals surface area (Å²) in [7, 11) is 0. The molecule has 1 rings (SSSR count). The summed E-state index contributed by atoms with van der Waals surface area (Å²) in [6.07, 6.45) is 5.59. The molecule has 0 spiro atoms. The number of ether oxygens (including phenoxy) is 1. The molecule has 0 atom stereocenters. The number of nitrogens with zero attached hydrogens (tertiary/aromatic N) is 1. The standard InChI is InChI=1S/C10H16NO2/c1-10(2,3)13-9(12)11-7-5-4-6-8-11/h4H,5,7-8H2,1-3H3.